The van der Waals surface area contributed by atoms with Crippen molar-refractivity contribution < 1.29 is 5.11 Å². The summed E-state index contributed by atoms with van der Waals surface area (Å²) in [6.45, 7) is 7.65. The van der Waals surface area contributed by atoms with E-state index in [1.54, 1.807) is 0 Å². The molecule has 19 heavy (non-hydrogen) atoms. The Hall–Kier alpha value is -0.420. The van der Waals surface area contributed by atoms with Crippen LogP contribution in [-0.4, -0.2) is 42.3 Å². The van der Waals surface area contributed by atoms with E-state index in [4.69, 9.17) is 0 Å². The predicted molar refractivity (Wildman–Crippen MR) is 81.8 cm³/mol. The maximum atomic E-state index is 9.30. The highest BCUT2D eigenvalue weighted by atomic mass is 32.1. The van der Waals surface area contributed by atoms with Gasteiger partial charge in [-0.05, 0) is 44.9 Å². The van der Waals surface area contributed by atoms with E-state index in [1.165, 1.54) is 22.6 Å². The van der Waals surface area contributed by atoms with Crippen LogP contribution in [0.15, 0.2) is 12.1 Å². The van der Waals surface area contributed by atoms with Gasteiger partial charge < -0.3 is 10.4 Å². The summed E-state index contributed by atoms with van der Waals surface area (Å²) in [6, 6.07) is 5.49. The quantitative estimate of drug-likeness (QED) is 0.806. The molecule has 1 aliphatic rings. The largest absolute Gasteiger partial charge is 0.395 e. The second-order valence-corrected chi connectivity index (χ2v) is 6.55. The molecule has 2 rings (SSSR count). The van der Waals surface area contributed by atoms with Crippen LogP contribution in [0, 0.1) is 0 Å². The van der Waals surface area contributed by atoms with Gasteiger partial charge in [-0.15, -0.1) is 11.3 Å². The van der Waals surface area contributed by atoms with Gasteiger partial charge in [-0.3, -0.25) is 4.90 Å². The summed E-state index contributed by atoms with van der Waals surface area (Å²) in [7, 11) is 0. The zero-order valence-corrected chi connectivity index (χ0v) is 12.9. The maximum absolute atomic E-state index is 9.30. The first-order valence-electron chi connectivity index (χ1n) is 7.41. The number of thiophene rings is 1. The molecule has 1 saturated heterocycles. The minimum atomic E-state index is 0.239. The van der Waals surface area contributed by atoms with Crippen molar-refractivity contribution >= 4 is 11.3 Å². The molecule has 0 aliphatic carbocycles. The average Bonchev–Trinajstić information content (AvgIpc) is 3.08. The highest BCUT2D eigenvalue weighted by molar-refractivity contribution is 7.12. The van der Waals surface area contributed by atoms with Gasteiger partial charge in [0.15, 0.2) is 0 Å². The summed E-state index contributed by atoms with van der Waals surface area (Å²) in [5.74, 6) is 0. The average molecular weight is 282 g/mol. The standard InChI is InChI=1S/C15H26N2OS/c1-3-14-6-7-15(19-14)12(2)17(9-10-18)11-13-5-4-8-16-13/h6-7,12-13,16,18H,3-5,8-11H2,1-2H3. The van der Waals surface area contributed by atoms with Gasteiger partial charge in [0.25, 0.3) is 0 Å². The first-order valence-corrected chi connectivity index (χ1v) is 8.23. The van der Waals surface area contributed by atoms with Gasteiger partial charge in [-0.1, -0.05) is 6.92 Å². The lowest BCUT2D eigenvalue weighted by atomic mass is 10.1. The van der Waals surface area contributed by atoms with Gasteiger partial charge in [0.05, 0.1) is 6.61 Å². The van der Waals surface area contributed by atoms with Crippen molar-refractivity contribution in [2.45, 2.75) is 45.2 Å². The fourth-order valence-corrected chi connectivity index (χ4v) is 3.79. The molecule has 0 bridgehead atoms. The first kappa shape index (κ1) is 15.0. The van der Waals surface area contributed by atoms with E-state index < -0.39 is 0 Å². The van der Waals surface area contributed by atoms with Crippen molar-refractivity contribution in [2.24, 2.45) is 0 Å². The molecule has 0 radical (unpaired) electrons. The molecule has 0 aromatic carbocycles. The second-order valence-electron chi connectivity index (χ2n) is 5.35. The van der Waals surface area contributed by atoms with Crippen LogP contribution in [0.1, 0.15) is 42.5 Å². The van der Waals surface area contributed by atoms with Crippen LogP contribution in [0.25, 0.3) is 0 Å². The lowest BCUT2D eigenvalue weighted by molar-refractivity contribution is 0.149. The van der Waals surface area contributed by atoms with E-state index in [9.17, 15) is 5.11 Å². The molecule has 4 heteroatoms. The van der Waals surface area contributed by atoms with Gasteiger partial charge in [0.2, 0.25) is 0 Å². The summed E-state index contributed by atoms with van der Waals surface area (Å²) in [4.78, 5) is 5.28. The van der Waals surface area contributed by atoms with Crippen molar-refractivity contribution in [2.75, 3.05) is 26.2 Å². The highest BCUT2D eigenvalue weighted by Crippen LogP contribution is 2.28. The number of aliphatic hydroxyl groups excluding tert-OH is 1. The normalized spacial score (nSPS) is 21.2. The Kier molecular flexibility index (Phi) is 5.82. The molecule has 108 valence electrons. The molecule has 1 aromatic heterocycles. The van der Waals surface area contributed by atoms with Gasteiger partial charge in [0.1, 0.15) is 0 Å². The number of nitrogens with zero attached hydrogens (tertiary/aromatic N) is 1. The van der Waals surface area contributed by atoms with E-state index in [0.29, 0.717) is 12.1 Å². The predicted octanol–water partition coefficient (Wildman–Crippen LogP) is 2.42. The lowest BCUT2D eigenvalue weighted by Gasteiger charge is -2.30. The molecular weight excluding hydrogens is 256 g/mol. The molecule has 0 amide bonds. The molecule has 0 spiro atoms. The summed E-state index contributed by atoms with van der Waals surface area (Å²) in [5, 5.41) is 12.8. The van der Waals surface area contributed by atoms with Crippen LogP contribution in [-0.2, 0) is 6.42 Å². The highest BCUT2D eigenvalue weighted by Gasteiger charge is 2.22. The van der Waals surface area contributed by atoms with Gasteiger partial charge in [-0.2, -0.15) is 0 Å². The van der Waals surface area contributed by atoms with Crippen LogP contribution < -0.4 is 5.32 Å². The summed E-state index contributed by atoms with van der Waals surface area (Å²) < 4.78 is 0. The van der Waals surface area contributed by atoms with Crippen LogP contribution in [0.2, 0.25) is 0 Å². The summed E-state index contributed by atoms with van der Waals surface area (Å²) in [5.41, 5.74) is 0. The SMILES string of the molecule is CCc1ccc(C(C)N(CCO)CC2CCCN2)s1. The second kappa shape index (κ2) is 7.39. The van der Waals surface area contributed by atoms with Crippen molar-refractivity contribution in [1.29, 1.82) is 0 Å². The molecular formula is C15H26N2OS. The molecule has 2 atom stereocenters. The third-order valence-electron chi connectivity index (χ3n) is 3.99. The van der Waals surface area contributed by atoms with E-state index in [2.05, 4.69) is 36.2 Å². The zero-order valence-electron chi connectivity index (χ0n) is 12.1. The van der Waals surface area contributed by atoms with Gasteiger partial charge >= 0.3 is 0 Å². The van der Waals surface area contributed by atoms with Crippen molar-refractivity contribution in [3.05, 3.63) is 21.9 Å². The van der Waals surface area contributed by atoms with E-state index in [0.717, 1.165) is 26.1 Å². The molecule has 2 unspecified atom stereocenters. The molecule has 1 aromatic rings. The zero-order chi connectivity index (χ0) is 13.7. The molecule has 2 heterocycles. The maximum Gasteiger partial charge on any atom is 0.0558 e. The Morgan fingerprint density at radius 1 is 1.53 bits per heavy atom. The number of aliphatic hydroxyl groups is 1. The van der Waals surface area contributed by atoms with Gasteiger partial charge in [-0.25, -0.2) is 0 Å². The first-order chi connectivity index (χ1) is 9.24. The Bertz CT molecular complexity index is 374. The molecule has 1 fully saturated rings. The molecule has 3 nitrogen and oxygen atoms in total. The Labute approximate surface area is 120 Å². The van der Waals surface area contributed by atoms with Crippen molar-refractivity contribution in [1.82, 2.24) is 10.2 Å². The fourth-order valence-electron chi connectivity index (χ4n) is 2.76. The Morgan fingerprint density at radius 3 is 2.95 bits per heavy atom. The Balaban J connectivity index is 1.99. The van der Waals surface area contributed by atoms with Crippen LogP contribution >= 0.6 is 11.3 Å². The van der Waals surface area contributed by atoms with E-state index >= 15 is 0 Å². The van der Waals surface area contributed by atoms with Gasteiger partial charge in [0, 0.05) is 34.9 Å². The summed E-state index contributed by atoms with van der Waals surface area (Å²) >= 11 is 1.91. The minimum Gasteiger partial charge on any atom is -0.395 e. The number of aryl methyl sites for hydroxylation is 1. The van der Waals surface area contributed by atoms with Crippen molar-refractivity contribution in [3.63, 3.8) is 0 Å². The number of rotatable bonds is 7. The minimum absolute atomic E-state index is 0.239. The monoisotopic (exact) mass is 282 g/mol. The topological polar surface area (TPSA) is 35.5 Å². The third-order valence-corrected chi connectivity index (χ3v) is 5.39. The van der Waals surface area contributed by atoms with E-state index in [-0.39, 0.29) is 6.61 Å². The Morgan fingerprint density at radius 2 is 2.37 bits per heavy atom. The van der Waals surface area contributed by atoms with Crippen LogP contribution in [0.5, 0.6) is 0 Å². The smallest absolute Gasteiger partial charge is 0.0558 e. The van der Waals surface area contributed by atoms with E-state index in [1.807, 2.05) is 11.3 Å². The summed E-state index contributed by atoms with van der Waals surface area (Å²) in [6.07, 6.45) is 3.66. The van der Waals surface area contributed by atoms with Crippen LogP contribution in [0.4, 0.5) is 0 Å². The lowest BCUT2D eigenvalue weighted by Crippen LogP contribution is -2.40. The molecule has 2 N–H and O–H groups in total. The fraction of sp³-hybridized carbons (Fsp3) is 0.733. The third kappa shape index (κ3) is 4.02. The van der Waals surface area contributed by atoms with Crippen molar-refractivity contribution in [3.8, 4) is 0 Å². The number of hydrogen-bond acceptors (Lipinski definition) is 4. The molecule has 1 aliphatic heterocycles. The van der Waals surface area contributed by atoms with Crippen LogP contribution in [0.3, 0.4) is 0 Å². The number of nitrogens with one attached hydrogen (secondary N) is 1. The number of hydrogen-bond donors (Lipinski definition) is 2. The molecule has 0 saturated carbocycles.